The van der Waals surface area contributed by atoms with Crippen LogP contribution in [-0.4, -0.2) is 52.8 Å². The van der Waals surface area contributed by atoms with Crippen molar-refractivity contribution < 1.29 is 46.2 Å². The van der Waals surface area contributed by atoms with Crippen molar-refractivity contribution in [3.8, 4) is 0 Å². The first-order valence-electron chi connectivity index (χ1n) is 7.08. The van der Waals surface area contributed by atoms with Crippen molar-refractivity contribution in [2.75, 3.05) is 12.3 Å². The number of rotatable bonds is 6. The van der Waals surface area contributed by atoms with Crippen LogP contribution in [0.2, 0.25) is 0 Å². The third-order valence-electron chi connectivity index (χ3n) is 3.54. The number of ether oxygens (including phenoxy) is 1. The van der Waals surface area contributed by atoms with Crippen LogP contribution >= 0.6 is 15.6 Å². The Balaban J connectivity index is 1.76. The SMILES string of the molecule is Nc1ncnc2c1ncn2[C@H]1C[C@H](F)[C@@](F)(COP(=O)(O)OP(=O)(O)O)O1. The fourth-order valence-electron chi connectivity index (χ4n) is 2.40. The Morgan fingerprint density at radius 3 is 2.74 bits per heavy atom. The maximum absolute atomic E-state index is 14.7. The highest BCUT2D eigenvalue weighted by atomic mass is 31.3. The second-order valence-corrected chi connectivity index (χ2v) is 8.29. The van der Waals surface area contributed by atoms with Crippen molar-refractivity contribution >= 4 is 32.6 Å². The van der Waals surface area contributed by atoms with Crippen molar-refractivity contribution in [3.63, 3.8) is 0 Å². The number of hydrogen-bond donors (Lipinski definition) is 4. The quantitative estimate of drug-likeness (QED) is 0.465. The molecule has 0 saturated carbocycles. The van der Waals surface area contributed by atoms with Gasteiger partial charge in [0.1, 0.15) is 24.7 Å². The lowest BCUT2D eigenvalue weighted by molar-refractivity contribution is -0.192. The van der Waals surface area contributed by atoms with Crippen LogP contribution in [0.3, 0.4) is 0 Å². The molecule has 2 aromatic heterocycles. The molecule has 1 fully saturated rings. The van der Waals surface area contributed by atoms with Crippen LogP contribution in [0, 0.1) is 0 Å². The highest BCUT2D eigenvalue weighted by molar-refractivity contribution is 7.60. The highest BCUT2D eigenvalue weighted by Crippen LogP contribution is 2.58. The molecule has 3 rings (SSSR count). The van der Waals surface area contributed by atoms with Gasteiger partial charge in [0.2, 0.25) is 0 Å². The second-order valence-electron chi connectivity index (χ2n) is 5.46. The van der Waals surface area contributed by atoms with E-state index in [9.17, 15) is 17.9 Å². The summed E-state index contributed by atoms with van der Waals surface area (Å²) in [5.41, 5.74) is 5.94. The number of nitrogens with zero attached hydrogens (tertiary/aromatic N) is 4. The second kappa shape index (κ2) is 6.79. The first kappa shape index (κ1) is 20.2. The summed E-state index contributed by atoms with van der Waals surface area (Å²) in [5, 5.41) is 0. The fraction of sp³-hybridized carbons (Fsp3) is 0.500. The summed E-state index contributed by atoms with van der Waals surface area (Å²) in [4.78, 5) is 37.7. The number of fused-ring (bicyclic) bond motifs is 1. The molecule has 0 bridgehead atoms. The van der Waals surface area contributed by atoms with Gasteiger partial charge in [0.25, 0.3) is 5.85 Å². The van der Waals surface area contributed by atoms with Gasteiger partial charge in [-0.25, -0.2) is 32.9 Å². The van der Waals surface area contributed by atoms with Gasteiger partial charge in [-0.15, -0.1) is 0 Å². The molecule has 1 aliphatic rings. The van der Waals surface area contributed by atoms with Gasteiger partial charge in [0.15, 0.2) is 17.6 Å². The fourth-order valence-corrected chi connectivity index (χ4v) is 4.01. The van der Waals surface area contributed by atoms with Crippen LogP contribution in [0.5, 0.6) is 0 Å². The van der Waals surface area contributed by atoms with Gasteiger partial charge in [-0.2, -0.15) is 4.31 Å². The Morgan fingerprint density at radius 1 is 1.37 bits per heavy atom. The summed E-state index contributed by atoms with van der Waals surface area (Å²) in [6, 6.07) is 0. The molecule has 5 N–H and O–H groups in total. The molecule has 4 atom stereocenters. The van der Waals surface area contributed by atoms with Crippen LogP contribution in [0.25, 0.3) is 11.2 Å². The molecule has 0 radical (unpaired) electrons. The monoisotopic (exact) mass is 431 g/mol. The van der Waals surface area contributed by atoms with E-state index < -0.39 is 46.9 Å². The van der Waals surface area contributed by atoms with E-state index in [4.69, 9.17) is 25.2 Å². The summed E-state index contributed by atoms with van der Waals surface area (Å²) >= 11 is 0. The highest BCUT2D eigenvalue weighted by Gasteiger charge is 2.53. The van der Waals surface area contributed by atoms with Crippen molar-refractivity contribution in [3.05, 3.63) is 12.7 Å². The molecule has 3 heterocycles. The molecule has 150 valence electrons. The number of nitrogen functional groups attached to an aromatic ring is 1. The van der Waals surface area contributed by atoms with E-state index in [1.165, 1.54) is 10.9 Å². The minimum atomic E-state index is -5.40. The summed E-state index contributed by atoms with van der Waals surface area (Å²) in [6.45, 7) is -1.47. The number of aromatic nitrogens is 4. The Kier molecular flexibility index (Phi) is 5.08. The number of halogens is 2. The normalized spacial score (nSPS) is 28.5. The Hall–Kier alpha value is -1.57. The van der Waals surface area contributed by atoms with Gasteiger partial charge in [-0.1, -0.05) is 0 Å². The van der Waals surface area contributed by atoms with Crippen LogP contribution in [0.4, 0.5) is 14.6 Å². The number of hydrogen-bond acceptors (Lipinski definition) is 9. The molecule has 13 nitrogen and oxygen atoms in total. The molecule has 2 aromatic rings. The predicted molar refractivity (Wildman–Crippen MR) is 82.1 cm³/mol. The minimum absolute atomic E-state index is 0.0409. The van der Waals surface area contributed by atoms with Crippen LogP contribution in [-0.2, 0) is 22.7 Å². The van der Waals surface area contributed by atoms with Gasteiger partial charge in [-0.05, 0) is 0 Å². The standard InChI is InChI=1S/C10H13F2N5O8P2/c11-5-1-6(17-4-16-7-8(13)14-3-15-9(7)17)24-10(5,12)2-23-27(21,22)25-26(18,19)20/h3-6H,1-2H2,(H,21,22)(H2,13,14,15)(H2,18,19,20)/t5-,6+,10+/m0/s1. The lowest BCUT2D eigenvalue weighted by Crippen LogP contribution is -2.36. The molecule has 0 amide bonds. The molecule has 1 aliphatic heterocycles. The molecule has 27 heavy (non-hydrogen) atoms. The van der Waals surface area contributed by atoms with Crippen molar-refractivity contribution in [2.24, 2.45) is 0 Å². The summed E-state index contributed by atoms with van der Waals surface area (Å²) < 4.78 is 64.6. The first-order chi connectivity index (χ1) is 12.4. The van der Waals surface area contributed by atoms with E-state index in [1.807, 2.05) is 0 Å². The summed E-state index contributed by atoms with van der Waals surface area (Å²) in [7, 11) is -10.8. The Bertz CT molecular complexity index is 955. The number of imidazole rings is 1. The van der Waals surface area contributed by atoms with Crippen LogP contribution in [0.1, 0.15) is 12.6 Å². The number of nitrogens with two attached hydrogens (primary N) is 1. The topological polar surface area (TPSA) is 192 Å². The van der Waals surface area contributed by atoms with E-state index in [0.29, 0.717) is 0 Å². The van der Waals surface area contributed by atoms with Crippen molar-refractivity contribution in [1.29, 1.82) is 0 Å². The van der Waals surface area contributed by atoms with Gasteiger partial charge in [0, 0.05) is 6.42 Å². The summed E-state index contributed by atoms with van der Waals surface area (Å²) in [5.74, 6) is -3.16. The Labute approximate surface area is 149 Å². The van der Waals surface area contributed by atoms with E-state index in [1.54, 1.807) is 0 Å². The third-order valence-corrected chi connectivity index (χ3v) is 5.67. The lowest BCUT2D eigenvalue weighted by Gasteiger charge is -2.23. The van der Waals surface area contributed by atoms with Gasteiger partial charge in [-0.3, -0.25) is 9.09 Å². The molecule has 0 aromatic carbocycles. The number of alkyl halides is 2. The number of anilines is 1. The number of phosphoric ester groups is 1. The first-order valence-corrected chi connectivity index (χ1v) is 10.1. The zero-order chi connectivity index (χ0) is 20.0. The molecular formula is C10H13F2N5O8P2. The Morgan fingerprint density at radius 2 is 2.07 bits per heavy atom. The van der Waals surface area contributed by atoms with Crippen LogP contribution < -0.4 is 5.73 Å². The smallest absolute Gasteiger partial charge is 0.382 e. The van der Waals surface area contributed by atoms with Gasteiger partial charge in [0.05, 0.1) is 6.33 Å². The van der Waals surface area contributed by atoms with E-state index >= 15 is 0 Å². The predicted octanol–water partition coefficient (Wildman–Crippen LogP) is 0.558. The van der Waals surface area contributed by atoms with Crippen molar-refractivity contribution in [1.82, 2.24) is 19.5 Å². The summed E-state index contributed by atoms with van der Waals surface area (Å²) in [6.07, 6.45) is -1.81. The van der Waals surface area contributed by atoms with Crippen LogP contribution in [0.15, 0.2) is 12.7 Å². The number of phosphoric acid groups is 2. The molecule has 1 saturated heterocycles. The lowest BCUT2D eigenvalue weighted by atomic mass is 10.2. The molecule has 1 unspecified atom stereocenters. The minimum Gasteiger partial charge on any atom is -0.382 e. The third kappa shape index (κ3) is 4.31. The average molecular weight is 431 g/mol. The van der Waals surface area contributed by atoms with Gasteiger partial charge < -0.3 is 25.2 Å². The molecular weight excluding hydrogens is 418 g/mol. The average Bonchev–Trinajstić information content (AvgIpc) is 3.07. The molecule has 0 spiro atoms. The molecule has 0 aliphatic carbocycles. The zero-order valence-electron chi connectivity index (χ0n) is 13.1. The van der Waals surface area contributed by atoms with E-state index in [2.05, 4.69) is 23.8 Å². The van der Waals surface area contributed by atoms with E-state index in [0.717, 1.165) is 6.33 Å². The maximum atomic E-state index is 14.7. The maximum Gasteiger partial charge on any atom is 0.481 e. The molecule has 17 heteroatoms. The van der Waals surface area contributed by atoms with Crippen molar-refractivity contribution in [2.45, 2.75) is 24.7 Å². The van der Waals surface area contributed by atoms with Gasteiger partial charge >= 0.3 is 15.6 Å². The zero-order valence-corrected chi connectivity index (χ0v) is 14.9. The largest absolute Gasteiger partial charge is 0.481 e. The van der Waals surface area contributed by atoms with E-state index in [-0.39, 0.29) is 17.0 Å².